The summed E-state index contributed by atoms with van der Waals surface area (Å²) in [5.74, 6) is 0. The van der Waals surface area contributed by atoms with Crippen molar-refractivity contribution in [1.82, 2.24) is 5.32 Å². The molecule has 10 heteroatoms. The lowest BCUT2D eigenvalue weighted by molar-refractivity contribution is -1.92. The van der Waals surface area contributed by atoms with Crippen molar-refractivity contribution >= 4 is 40.9 Å². The minimum absolute atomic E-state index is 0.547. The minimum atomic E-state index is -4.69. The number of hydrogen-bond acceptors (Lipinski definition) is 6. The van der Waals surface area contributed by atoms with Gasteiger partial charge in [-0.25, -0.2) is 4.79 Å². The van der Waals surface area contributed by atoms with Crippen LogP contribution in [0.15, 0.2) is 102 Å². The summed E-state index contributed by atoms with van der Waals surface area (Å²) in [7, 11) is -5.77. The van der Waals surface area contributed by atoms with Crippen molar-refractivity contribution in [1.29, 1.82) is 0 Å². The monoisotopic (exact) mass is 496 g/mol. The minimum Gasteiger partial charge on any atom is -0.453 e. The molecule has 0 aliphatic rings. The molecule has 0 saturated carbocycles. The Bertz CT molecular complexity index is 912. The first-order valence-corrected chi connectivity index (χ1v) is 12.6. The number of alkyl carbamates (subject to hydrolysis) is 1. The van der Waals surface area contributed by atoms with E-state index in [1.54, 1.807) is 0 Å². The van der Waals surface area contributed by atoms with E-state index < -0.39 is 23.6 Å². The first-order chi connectivity index (χ1) is 15.2. The molecule has 1 amide bonds. The Morgan fingerprint density at radius 1 is 0.875 bits per heavy atom. The highest BCUT2D eigenvalue weighted by atomic mass is 35.7. The molecule has 168 valence electrons. The summed E-state index contributed by atoms with van der Waals surface area (Å²) >= 11 is 6.30. The number of carbonyl (C=O) groups is 1. The van der Waals surface area contributed by atoms with Crippen LogP contribution < -0.4 is 35.2 Å². The second-order valence-corrected chi connectivity index (χ2v) is 10.6. The topological polar surface area (TPSA) is 128 Å². The fraction of sp³-hybridized carbons (Fsp3) is 0.0455. The Kier molecular flexibility index (Phi) is 9.62. The van der Waals surface area contributed by atoms with Gasteiger partial charge in [0.2, 0.25) is 0 Å². The quantitative estimate of drug-likeness (QED) is 0.487. The first-order valence-electron chi connectivity index (χ1n) is 9.08. The molecule has 0 saturated heterocycles. The van der Waals surface area contributed by atoms with Crippen molar-refractivity contribution in [3.63, 3.8) is 0 Å². The Morgan fingerprint density at radius 2 is 1.19 bits per heavy atom. The van der Waals surface area contributed by atoms with Crippen LogP contribution in [0.5, 0.6) is 0 Å². The number of rotatable bonds is 5. The summed E-state index contributed by atoms with van der Waals surface area (Å²) in [5, 5.41) is 6.14. The molecular weight excluding hydrogens is 476 g/mol. The average Bonchev–Trinajstić information content (AvgIpc) is 2.79. The molecule has 0 radical (unpaired) electrons. The predicted octanol–water partition coefficient (Wildman–Crippen LogP) is 0.250. The van der Waals surface area contributed by atoms with Crippen LogP contribution in [-0.4, -0.2) is 17.9 Å². The molecule has 0 bridgehead atoms. The summed E-state index contributed by atoms with van der Waals surface area (Å²) in [6.45, 7) is 0. The molecule has 0 heterocycles. The highest BCUT2D eigenvalue weighted by Crippen LogP contribution is 2.61. The maximum atomic E-state index is 12.1. The van der Waals surface area contributed by atoms with Crippen LogP contribution in [0.3, 0.4) is 0 Å². The van der Waals surface area contributed by atoms with Crippen molar-refractivity contribution in [2.75, 3.05) is 7.11 Å². The Morgan fingerprint density at radius 3 is 1.44 bits per heavy atom. The molecule has 3 aromatic rings. The summed E-state index contributed by atoms with van der Waals surface area (Å²) in [5.41, 5.74) is 2.08. The third-order valence-corrected chi connectivity index (χ3v) is 8.86. The second kappa shape index (κ2) is 11.9. The molecule has 0 aliphatic carbocycles. The fourth-order valence-electron chi connectivity index (χ4n) is 3.16. The third kappa shape index (κ3) is 6.76. The summed E-state index contributed by atoms with van der Waals surface area (Å²) < 4.78 is 37.6. The molecule has 0 unspecified atom stereocenters. The van der Waals surface area contributed by atoms with Crippen molar-refractivity contribution in [2.45, 2.75) is 0 Å². The Hall–Kier alpha value is -2.48. The van der Waals surface area contributed by atoms with Crippen LogP contribution in [-0.2, 0) is 4.74 Å². The number of methoxy groups -OCH3 is 1. The Balaban J connectivity index is 0.000000654. The zero-order chi connectivity index (χ0) is 23.6. The molecule has 7 nitrogen and oxygen atoms in total. The predicted molar refractivity (Wildman–Crippen MR) is 117 cm³/mol. The van der Waals surface area contributed by atoms with Crippen LogP contribution in [0.1, 0.15) is 0 Å². The van der Waals surface area contributed by atoms with Crippen molar-refractivity contribution in [2.24, 2.45) is 0 Å². The smallest absolute Gasteiger partial charge is 0.413 e. The lowest BCUT2D eigenvalue weighted by Gasteiger charge is -2.28. The van der Waals surface area contributed by atoms with Gasteiger partial charge in [-0.15, -0.1) is 0 Å². The van der Waals surface area contributed by atoms with Gasteiger partial charge in [-0.3, -0.25) is 5.32 Å². The normalized spacial score (nSPS) is 11.8. The van der Waals surface area contributed by atoms with Gasteiger partial charge in [-0.05, 0) is 36.4 Å². The maximum Gasteiger partial charge on any atom is 0.413 e. The van der Waals surface area contributed by atoms with E-state index in [2.05, 4.69) is 41.7 Å². The van der Waals surface area contributed by atoms with Crippen molar-refractivity contribution in [3.05, 3.63) is 102 Å². The van der Waals surface area contributed by atoms with Crippen molar-refractivity contribution in [3.8, 4) is 0 Å². The van der Waals surface area contributed by atoms with E-state index in [-0.39, 0.29) is 0 Å². The van der Waals surface area contributed by atoms with E-state index in [9.17, 15) is 4.79 Å². The van der Waals surface area contributed by atoms with Crippen LogP contribution in [0.25, 0.3) is 0 Å². The molecule has 0 fully saturated rings. The number of carbonyl (C=O) groups excluding carboxylic acids is 1. The van der Waals surface area contributed by atoms with Gasteiger partial charge in [-0.2, -0.15) is 14.0 Å². The zero-order valence-electron chi connectivity index (χ0n) is 16.9. The van der Waals surface area contributed by atoms with Gasteiger partial charge < -0.3 is 4.74 Å². The second-order valence-electron chi connectivity index (χ2n) is 6.18. The van der Waals surface area contributed by atoms with Crippen LogP contribution in [0.2, 0.25) is 0 Å². The van der Waals surface area contributed by atoms with E-state index in [0.29, 0.717) is 5.44 Å². The highest BCUT2D eigenvalue weighted by molar-refractivity contribution is 7.99. The van der Waals surface area contributed by atoms with Crippen LogP contribution in [0, 0.1) is 10.2 Å². The highest BCUT2D eigenvalue weighted by Gasteiger charge is 2.50. The van der Waals surface area contributed by atoms with Gasteiger partial charge in [0.15, 0.2) is 12.7 Å². The van der Waals surface area contributed by atoms with E-state index in [0.717, 1.165) is 15.9 Å². The summed E-state index contributed by atoms with van der Waals surface area (Å²) in [6, 6.07) is 30.4. The first kappa shape index (κ1) is 25.8. The van der Waals surface area contributed by atoms with E-state index in [4.69, 9.17) is 35.0 Å². The molecule has 0 aromatic heterocycles. The molecule has 3 rings (SSSR count). The lowest BCUT2D eigenvalue weighted by atomic mass is 10.4. The molecular formula is C22H21Cl2NO6P+. The van der Waals surface area contributed by atoms with Gasteiger partial charge in [0, 0.05) is 0 Å². The van der Waals surface area contributed by atoms with E-state index in [1.165, 1.54) is 12.6 Å². The standard InChI is InChI=1S/C22H19ClNO2P.ClHO4/c1-26-22(25)24-21(17-23)27(18-11-5-2-6-12-18,19-13-7-3-8-14-19)20-15-9-4-10-16-20;2-1(3,4)5/h2-17H,1H3;(H,2,3,4,5)/p+1/b21-17-;. The van der Waals surface area contributed by atoms with Gasteiger partial charge in [0.1, 0.15) is 15.9 Å². The molecule has 3 aromatic carbocycles. The number of benzene rings is 3. The number of amides is 1. The molecule has 0 atom stereocenters. The fourth-order valence-corrected chi connectivity index (χ4v) is 7.65. The van der Waals surface area contributed by atoms with Crippen LogP contribution in [0.4, 0.5) is 4.79 Å². The van der Waals surface area contributed by atoms with E-state index >= 15 is 0 Å². The zero-order valence-corrected chi connectivity index (χ0v) is 19.3. The van der Waals surface area contributed by atoms with E-state index in [1.807, 2.05) is 54.6 Å². The van der Waals surface area contributed by atoms with Gasteiger partial charge in [-0.1, -0.05) is 66.2 Å². The number of nitrogens with one attached hydrogen (secondary N) is 1. The van der Waals surface area contributed by atoms with Crippen LogP contribution >= 0.6 is 18.9 Å². The van der Waals surface area contributed by atoms with Gasteiger partial charge in [0.25, 0.3) is 0 Å². The number of ether oxygens (including phenoxy) is 1. The number of hydrogen-bond donors (Lipinski definition) is 2. The molecule has 2 N–H and O–H groups in total. The molecule has 0 spiro atoms. The molecule has 0 aliphatic heterocycles. The largest absolute Gasteiger partial charge is 0.453 e. The van der Waals surface area contributed by atoms with Gasteiger partial charge in [0.05, 0.1) is 27.5 Å². The average molecular weight is 497 g/mol. The van der Waals surface area contributed by atoms with Gasteiger partial charge >= 0.3 is 6.09 Å². The van der Waals surface area contributed by atoms with Crippen molar-refractivity contribution < 1.29 is 38.4 Å². The summed E-state index contributed by atoms with van der Waals surface area (Å²) in [4.78, 5) is 12.1. The number of halogens is 2. The molecule has 32 heavy (non-hydrogen) atoms. The summed E-state index contributed by atoms with van der Waals surface area (Å²) in [6.07, 6.45) is -0.547. The maximum absolute atomic E-state index is 12.1. The third-order valence-electron chi connectivity index (χ3n) is 4.31. The SMILES string of the molecule is COC(=O)N/C(=C/Cl)[P+](c1ccccc1)(c1ccccc1)c1ccccc1.[O-][Cl+3]([O-])([O-])O. The Labute approximate surface area is 193 Å². The lowest BCUT2D eigenvalue weighted by Crippen LogP contribution is -2.58.